The Morgan fingerprint density at radius 3 is 2.45 bits per heavy atom. The van der Waals surface area contributed by atoms with E-state index in [1.54, 1.807) is 24.3 Å². The SMILES string of the molecule is [CH3-].[Cl][Ru+3].[NH-]C1CCCCC1[N-]S(=O)(=O)Cc1ccccc1N. The van der Waals surface area contributed by atoms with Crippen molar-refractivity contribution in [2.24, 2.45) is 0 Å². The van der Waals surface area contributed by atoms with E-state index in [1.807, 2.05) is 17.3 Å². The third-order valence-electron chi connectivity index (χ3n) is 3.42. The summed E-state index contributed by atoms with van der Waals surface area (Å²) in [5.41, 5.74) is 14.6. The van der Waals surface area contributed by atoms with E-state index in [0.29, 0.717) is 17.7 Å². The standard InChI is InChI=1S/C13H19N3O2S.CH3.ClH.Ru/c14-11-6-2-1-5-10(11)9-19(17,18)16-13-8-4-3-7-12(13)15;;;/h1-2,5-6,12-13,15H,3-4,7-9,14H2;1H3;1H;/q-2;-1;;+4/p-1. The van der Waals surface area contributed by atoms with Gasteiger partial charge in [-0.15, -0.1) is 6.04 Å². The number of anilines is 1. The fourth-order valence-corrected chi connectivity index (χ4v) is 3.74. The molecule has 0 bridgehead atoms. The average molecular weight is 433 g/mol. The number of hydrogen-bond donors (Lipinski definition) is 1. The van der Waals surface area contributed by atoms with Gasteiger partial charge in [-0.3, -0.25) is 0 Å². The summed E-state index contributed by atoms with van der Waals surface area (Å²) >= 11 is 1.82. The van der Waals surface area contributed by atoms with Gasteiger partial charge in [0, 0.05) is 5.69 Å². The van der Waals surface area contributed by atoms with Crippen LogP contribution in [0, 0.1) is 7.43 Å². The predicted molar refractivity (Wildman–Crippen MR) is 89.5 cm³/mol. The monoisotopic (exact) mass is 433 g/mol. The molecule has 0 radical (unpaired) electrons. The number of rotatable bonds is 4. The van der Waals surface area contributed by atoms with Gasteiger partial charge in [0.2, 0.25) is 0 Å². The Hall–Kier alpha value is -0.197. The van der Waals surface area contributed by atoms with Crippen LogP contribution in [0.5, 0.6) is 0 Å². The second-order valence-electron chi connectivity index (χ2n) is 4.99. The van der Waals surface area contributed by atoms with Crippen LogP contribution in [0.4, 0.5) is 5.69 Å². The van der Waals surface area contributed by atoms with Gasteiger partial charge in [0.15, 0.2) is 0 Å². The first-order valence-corrected chi connectivity index (χ1v) is 10.5. The number of para-hydroxylation sites is 1. The Morgan fingerprint density at radius 1 is 1.27 bits per heavy atom. The minimum absolute atomic E-state index is 0. The van der Waals surface area contributed by atoms with Gasteiger partial charge >= 0.3 is 27.0 Å². The third-order valence-corrected chi connectivity index (χ3v) is 4.69. The smallest absolute Gasteiger partial charge is 0.0766 e. The first kappa shape index (κ1) is 21.8. The first-order chi connectivity index (χ1) is 9.98. The molecule has 0 aliphatic heterocycles. The number of hydrogen-bond acceptors (Lipinski definition) is 3. The minimum atomic E-state index is -3.56. The van der Waals surface area contributed by atoms with Crippen molar-refractivity contribution in [1.82, 2.24) is 0 Å². The molecule has 1 aliphatic carbocycles. The largest absolute Gasteiger partial charge is 0.676 e. The van der Waals surface area contributed by atoms with Gasteiger partial charge in [-0.2, -0.15) is 6.04 Å². The zero-order valence-electron chi connectivity index (χ0n) is 12.5. The van der Waals surface area contributed by atoms with Crippen LogP contribution < -0.4 is 5.73 Å². The topological polar surface area (TPSA) is 98.1 Å². The average Bonchev–Trinajstić information content (AvgIpc) is 2.46. The quantitative estimate of drug-likeness (QED) is 0.442. The van der Waals surface area contributed by atoms with Crippen molar-refractivity contribution >= 4 is 25.4 Å². The van der Waals surface area contributed by atoms with Gasteiger partial charge in [0.05, 0.1) is 15.8 Å². The Kier molecular flexibility index (Phi) is 10.5. The van der Waals surface area contributed by atoms with Crippen molar-refractivity contribution in [2.75, 3.05) is 5.73 Å². The molecule has 1 aromatic carbocycles. The van der Waals surface area contributed by atoms with Crippen LogP contribution in [-0.4, -0.2) is 20.5 Å². The molecule has 5 nitrogen and oxygen atoms in total. The number of benzene rings is 1. The number of halogens is 1. The molecule has 0 saturated heterocycles. The Balaban J connectivity index is 0.00000141. The fraction of sp³-hybridized carbons (Fsp3) is 0.500. The van der Waals surface area contributed by atoms with Crippen molar-refractivity contribution in [3.63, 3.8) is 0 Å². The molecule has 2 atom stereocenters. The molecule has 0 heterocycles. The van der Waals surface area contributed by atoms with E-state index in [0.717, 1.165) is 19.3 Å². The zero-order valence-corrected chi connectivity index (χ0v) is 15.8. The molecule has 1 aliphatic rings. The summed E-state index contributed by atoms with van der Waals surface area (Å²) in [7, 11) is 1.00. The maximum atomic E-state index is 12.1. The van der Waals surface area contributed by atoms with E-state index in [2.05, 4.69) is 14.4 Å². The van der Waals surface area contributed by atoms with Crippen LogP contribution in [0.25, 0.3) is 10.5 Å². The normalized spacial score (nSPS) is 21.2. The van der Waals surface area contributed by atoms with E-state index in [1.165, 1.54) is 0 Å². The fourth-order valence-electron chi connectivity index (χ4n) is 2.34. The molecule has 22 heavy (non-hydrogen) atoms. The second kappa shape index (κ2) is 10.6. The molecule has 1 saturated carbocycles. The number of sulfonamides is 1. The second-order valence-corrected chi connectivity index (χ2v) is 6.65. The molecule has 8 heteroatoms. The van der Waals surface area contributed by atoms with Gasteiger partial charge in [-0.25, -0.2) is 8.42 Å². The number of nitrogens with zero attached hydrogens (tertiary/aromatic N) is 1. The number of nitrogen functional groups attached to an aromatic ring is 1. The van der Waals surface area contributed by atoms with E-state index in [4.69, 9.17) is 11.5 Å². The van der Waals surface area contributed by atoms with E-state index in [-0.39, 0.29) is 19.2 Å². The van der Waals surface area contributed by atoms with Crippen molar-refractivity contribution in [3.05, 3.63) is 47.7 Å². The van der Waals surface area contributed by atoms with Gasteiger partial charge in [0.25, 0.3) is 0 Å². The molecule has 0 amide bonds. The summed E-state index contributed by atoms with van der Waals surface area (Å²) in [5.74, 6) is -0.178. The predicted octanol–water partition coefficient (Wildman–Crippen LogP) is 3.97. The minimum Gasteiger partial charge on any atom is -0.676 e. The summed E-state index contributed by atoms with van der Waals surface area (Å²) in [6.45, 7) is 0. The summed E-state index contributed by atoms with van der Waals surface area (Å²) in [4.78, 5) is 0. The maximum absolute atomic E-state index is 12.1. The first-order valence-electron chi connectivity index (χ1n) is 6.60. The molecule has 0 aromatic heterocycles. The Bertz CT molecular complexity index is 543. The van der Waals surface area contributed by atoms with E-state index < -0.39 is 16.1 Å². The third kappa shape index (κ3) is 6.92. The molecule has 1 fully saturated rings. The van der Waals surface area contributed by atoms with Crippen molar-refractivity contribution < 1.29 is 25.7 Å². The van der Waals surface area contributed by atoms with Gasteiger partial charge in [-0.1, -0.05) is 43.9 Å². The molecule has 0 spiro atoms. The summed E-state index contributed by atoms with van der Waals surface area (Å²) in [6.07, 6.45) is 3.37. The summed E-state index contributed by atoms with van der Waals surface area (Å²) < 4.78 is 28.0. The van der Waals surface area contributed by atoms with E-state index >= 15 is 0 Å². The van der Waals surface area contributed by atoms with Crippen LogP contribution in [0.3, 0.4) is 0 Å². The van der Waals surface area contributed by atoms with Crippen LogP contribution in [0.15, 0.2) is 24.3 Å². The molecule has 2 unspecified atom stereocenters. The van der Waals surface area contributed by atoms with Crippen molar-refractivity contribution in [1.29, 1.82) is 0 Å². The Morgan fingerprint density at radius 2 is 1.86 bits per heavy atom. The number of nitrogens with two attached hydrogens (primary N) is 1. The number of nitrogens with one attached hydrogen (secondary N) is 1. The van der Waals surface area contributed by atoms with Crippen molar-refractivity contribution in [3.8, 4) is 0 Å². The zero-order chi connectivity index (χ0) is 15.9. The summed E-state index contributed by atoms with van der Waals surface area (Å²) in [5, 5.41) is 0. The molecule has 1 aromatic rings. The van der Waals surface area contributed by atoms with Crippen molar-refractivity contribution in [2.45, 2.75) is 43.5 Å². The summed E-state index contributed by atoms with van der Waals surface area (Å²) in [6, 6.07) is 6.12. The van der Waals surface area contributed by atoms with Crippen LogP contribution in [-0.2, 0) is 33.1 Å². The molecular weight excluding hydrogens is 411 g/mol. The molecular formula is C14H22ClN3O2RuS. The van der Waals surface area contributed by atoms with E-state index in [9.17, 15) is 8.42 Å². The molecule has 2 rings (SSSR count). The van der Waals surface area contributed by atoms with Crippen LogP contribution in [0.1, 0.15) is 31.2 Å². The van der Waals surface area contributed by atoms with Gasteiger partial charge in [-0.05, 0) is 11.6 Å². The maximum Gasteiger partial charge on any atom is 0.0766 e. The molecule has 126 valence electrons. The van der Waals surface area contributed by atoms with Crippen LogP contribution in [0.2, 0.25) is 0 Å². The van der Waals surface area contributed by atoms with Gasteiger partial charge < -0.3 is 23.6 Å². The molecule has 3 N–H and O–H groups in total. The Labute approximate surface area is 147 Å². The van der Waals surface area contributed by atoms with Gasteiger partial charge in [0.1, 0.15) is 0 Å². The van der Waals surface area contributed by atoms with Crippen LogP contribution >= 0.6 is 9.69 Å².